The normalized spacial score (nSPS) is 15.8. The molecule has 1 aliphatic heterocycles. The standard InChI is InChI=1S/C21H24N6O3/c1-14(23-20(28)15-6-11-30-13-15)21(29)27-9-7-26(8-10-27)12-18-24-17-5-3-2-4-16(17)19(22)25-18/h2-6,11,13-14H,7-10,12H2,1H3,(H,23,28)(H2,22,24,25)/t14-/m0/s1. The number of nitrogens with zero attached hydrogens (tertiary/aromatic N) is 4. The van der Waals surface area contributed by atoms with Crippen molar-refractivity contribution in [2.45, 2.75) is 19.5 Å². The van der Waals surface area contributed by atoms with Gasteiger partial charge in [-0.15, -0.1) is 0 Å². The Kier molecular flexibility index (Phi) is 5.62. The summed E-state index contributed by atoms with van der Waals surface area (Å²) in [5, 5.41) is 3.57. The van der Waals surface area contributed by atoms with Gasteiger partial charge in [-0.2, -0.15) is 0 Å². The molecule has 3 aromatic rings. The van der Waals surface area contributed by atoms with Crippen LogP contribution in [-0.4, -0.2) is 63.8 Å². The van der Waals surface area contributed by atoms with Gasteiger partial charge in [0.15, 0.2) is 0 Å². The second kappa shape index (κ2) is 8.50. The lowest BCUT2D eigenvalue weighted by Gasteiger charge is -2.35. The Morgan fingerprint density at radius 1 is 1.17 bits per heavy atom. The van der Waals surface area contributed by atoms with Crippen molar-refractivity contribution in [1.29, 1.82) is 0 Å². The van der Waals surface area contributed by atoms with Crippen molar-refractivity contribution in [1.82, 2.24) is 25.1 Å². The molecule has 1 fully saturated rings. The van der Waals surface area contributed by atoms with Crippen molar-refractivity contribution < 1.29 is 14.0 Å². The van der Waals surface area contributed by atoms with E-state index in [0.717, 1.165) is 10.9 Å². The lowest BCUT2D eigenvalue weighted by molar-refractivity contribution is -0.134. The van der Waals surface area contributed by atoms with Crippen LogP contribution >= 0.6 is 0 Å². The van der Waals surface area contributed by atoms with Crippen LogP contribution in [0, 0.1) is 0 Å². The van der Waals surface area contributed by atoms with Crippen LogP contribution < -0.4 is 11.1 Å². The van der Waals surface area contributed by atoms with E-state index in [9.17, 15) is 9.59 Å². The van der Waals surface area contributed by atoms with Gasteiger partial charge in [-0.25, -0.2) is 9.97 Å². The van der Waals surface area contributed by atoms with E-state index in [1.807, 2.05) is 24.3 Å². The lowest BCUT2D eigenvalue weighted by atomic mass is 10.2. The Morgan fingerprint density at radius 2 is 1.93 bits per heavy atom. The van der Waals surface area contributed by atoms with Gasteiger partial charge in [0.25, 0.3) is 5.91 Å². The fraction of sp³-hybridized carbons (Fsp3) is 0.333. The van der Waals surface area contributed by atoms with Gasteiger partial charge in [0.1, 0.15) is 23.9 Å². The zero-order valence-corrected chi connectivity index (χ0v) is 16.7. The van der Waals surface area contributed by atoms with Gasteiger partial charge < -0.3 is 20.4 Å². The summed E-state index contributed by atoms with van der Waals surface area (Å²) < 4.78 is 4.91. The number of benzene rings is 1. The molecular weight excluding hydrogens is 384 g/mol. The number of nitrogen functional groups attached to an aromatic ring is 1. The van der Waals surface area contributed by atoms with Crippen LogP contribution in [0.15, 0.2) is 47.3 Å². The predicted molar refractivity (Wildman–Crippen MR) is 111 cm³/mol. The molecule has 1 saturated heterocycles. The van der Waals surface area contributed by atoms with E-state index in [1.54, 1.807) is 17.9 Å². The highest BCUT2D eigenvalue weighted by Crippen LogP contribution is 2.18. The summed E-state index contributed by atoms with van der Waals surface area (Å²) >= 11 is 0. The van der Waals surface area contributed by atoms with E-state index in [1.165, 1.54) is 12.5 Å². The highest BCUT2D eigenvalue weighted by atomic mass is 16.3. The SMILES string of the molecule is C[C@H](NC(=O)c1ccoc1)C(=O)N1CCN(Cc2nc(N)c3ccccc3n2)CC1. The third kappa shape index (κ3) is 4.25. The summed E-state index contributed by atoms with van der Waals surface area (Å²) in [4.78, 5) is 37.8. The van der Waals surface area contributed by atoms with Crippen LogP contribution in [0.2, 0.25) is 0 Å². The first-order valence-electron chi connectivity index (χ1n) is 9.86. The van der Waals surface area contributed by atoms with Crippen LogP contribution in [-0.2, 0) is 11.3 Å². The van der Waals surface area contributed by atoms with Crippen molar-refractivity contribution >= 4 is 28.5 Å². The maximum atomic E-state index is 12.7. The van der Waals surface area contributed by atoms with Gasteiger partial charge in [0.05, 0.1) is 23.9 Å². The Hall–Kier alpha value is -3.46. The smallest absolute Gasteiger partial charge is 0.255 e. The number of carbonyl (C=O) groups is 2. The minimum Gasteiger partial charge on any atom is -0.472 e. The molecule has 2 aromatic heterocycles. The molecule has 0 radical (unpaired) electrons. The molecule has 156 valence electrons. The van der Waals surface area contributed by atoms with Crippen molar-refractivity contribution in [3.63, 3.8) is 0 Å². The minimum atomic E-state index is -0.609. The number of para-hydroxylation sites is 1. The van der Waals surface area contributed by atoms with Crippen LogP contribution in [0.3, 0.4) is 0 Å². The molecule has 9 nitrogen and oxygen atoms in total. The van der Waals surface area contributed by atoms with Gasteiger partial charge in [-0.3, -0.25) is 14.5 Å². The molecule has 0 aliphatic carbocycles. The van der Waals surface area contributed by atoms with Gasteiger partial charge in [-0.05, 0) is 25.1 Å². The van der Waals surface area contributed by atoms with Crippen molar-refractivity contribution in [2.75, 3.05) is 31.9 Å². The Bertz CT molecular complexity index is 1040. The molecule has 1 aromatic carbocycles. The summed E-state index contributed by atoms with van der Waals surface area (Å²) in [5.41, 5.74) is 7.30. The molecule has 3 heterocycles. The van der Waals surface area contributed by atoms with Gasteiger partial charge in [-0.1, -0.05) is 12.1 Å². The Labute approximate surface area is 173 Å². The van der Waals surface area contributed by atoms with E-state index in [0.29, 0.717) is 49.9 Å². The summed E-state index contributed by atoms with van der Waals surface area (Å²) in [6.45, 7) is 4.82. The zero-order chi connectivity index (χ0) is 21.1. The number of anilines is 1. The number of aromatic nitrogens is 2. The number of piperazine rings is 1. The first kappa shape index (κ1) is 19.8. The lowest BCUT2D eigenvalue weighted by Crippen LogP contribution is -2.54. The molecule has 3 N–H and O–H groups in total. The molecule has 1 aliphatic rings. The second-order valence-corrected chi connectivity index (χ2v) is 7.35. The fourth-order valence-electron chi connectivity index (χ4n) is 3.56. The van der Waals surface area contributed by atoms with Gasteiger partial charge in [0, 0.05) is 31.6 Å². The Balaban J connectivity index is 1.31. The second-order valence-electron chi connectivity index (χ2n) is 7.35. The largest absolute Gasteiger partial charge is 0.472 e. The molecule has 0 saturated carbocycles. The third-order valence-corrected chi connectivity index (χ3v) is 5.23. The first-order valence-corrected chi connectivity index (χ1v) is 9.86. The van der Waals surface area contributed by atoms with E-state index >= 15 is 0 Å². The van der Waals surface area contributed by atoms with Crippen molar-refractivity contribution in [3.8, 4) is 0 Å². The number of carbonyl (C=O) groups excluding carboxylic acids is 2. The zero-order valence-electron chi connectivity index (χ0n) is 16.7. The average Bonchev–Trinajstić information content (AvgIpc) is 3.29. The molecule has 0 bridgehead atoms. The first-order chi connectivity index (χ1) is 14.5. The van der Waals surface area contributed by atoms with Crippen molar-refractivity contribution in [2.24, 2.45) is 0 Å². The Morgan fingerprint density at radius 3 is 2.67 bits per heavy atom. The molecule has 4 rings (SSSR count). The molecular formula is C21H24N6O3. The fourth-order valence-corrected chi connectivity index (χ4v) is 3.56. The number of hydrogen-bond acceptors (Lipinski definition) is 7. The molecule has 2 amide bonds. The number of nitrogens with one attached hydrogen (secondary N) is 1. The number of hydrogen-bond donors (Lipinski definition) is 2. The molecule has 9 heteroatoms. The number of furan rings is 1. The highest BCUT2D eigenvalue weighted by molar-refractivity contribution is 5.97. The molecule has 30 heavy (non-hydrogen) atoms. The maximum absolute atomic E-state index is 12.7. The van der Waals surface area contributed by atoms with E-state index in [2.05, 4.69) is 20.2 Å². The average molecular weight is 408 g/mol. The summed E-state index contributed by atoms with van der Waals surface area (Å²) in [6.07, 6.45) is 2.78. The van der Waals surface area contributed by atoms with Crippen LogP contribution in [0.5, 0.6) is 0 Å². The highest BCUT2D eigenvalue weighted by Gasteiger charge is 2.26. The quantitative estimate of drug-likeness (QED) is 0.653. The number of rotatable bonds is 5. The van der Waals surface area contributed by atoms with Crippen LogP contribution in [0.25, 0.3) is 10.9 Å². The molecule has 0 unspecified atom stereocenters. The number of fused-ring (bicyclic) bond motifs is 1. The minimum absolute atomic E-state index is 0.0994. The number of amides is 2. The topological polar surface area (TPSA) is 118 Å². The number of nitrogens with two attached hydrogens (primary N) is 1. The van der Waals surface area contributed by atoms with E-state index in [-0.39, 0.29) is 11.8 Å². The van der Waals surface area contributed by atoms with E-state index in [4.69, 9.17) is 10.2 Å². The summed E-state index contributed by atoms with van der Waals surface area (Å²) in [5.74, 6) is 0.727. The van der Waals surface area contributed by atoms with Crippen LogP contribution in [0.4, 0.5) is 5.82 Å². The summed E-state index contributed by atoms with van der Waals surface area (Å²) in [6, 6.07) is 8.62. The van der Waals surface area contributed by atoms with Gasteiger partial charge in [0.2, 0.25) is 5.91 Å². The predicted octanol–water partition coefficient (Wildman–Crippen LogP) is 1.27. The monoisotopic (exact) mass is 408 g/mol. The third-order valence-electron chi connectivity index (χ3n) is 5.23. The van der Waals surface area contributed by atoms with Gasteiger partial charge >= 0.3 is 0 Å². The van der Waals surface area contributed by atoms with E-state index < -0.39 is 6.04 Å². The van der Waals surface area contributed by atoms with Crippen LogP contribution in [0.1, 0.15) is 23.1 Å². The molecule has 0 spiro atoms. The van der Waals surface area contributed by atoms with Crippen molar-refractivity contribution in [3.05, 3.63) is 54.2 Å². The summed E-state index contributed by atoms with van der Waals surface area (Å²) in [7, 11) is 0. The molecule has 1 atom stereocenters. The maximum Gasteiger partial charge on any atom is 0.255 e.